The van der Waals surface area contributed by atoms with E-state index < -0.39 is 60.1 Å². The van der Waals surface area contributed by atoms with E-state index in [1.807, 2.05) is 0 Å². The van der Waals surface area contributed by atoms with Crippen molar-refractivity contribution in [2.45, 2.75) is 36.6 Å². The van der Waals surface area contributed by atoms with Gasteiger partial charge in [0.1, 0.15) is 36.6 Å². The van der Waals surface area contributed by atoms with Gasteiger partial charge in [0.15, 0.2) is 0 Å². The average molecular weight is 459 g/mol. The molecule has 1 saturated carbocycles. The van der Waals surface area contributed by atoms with E-state index in [0.717, 1.165) is 0 Å². The average Bonchev–Trinajstić information content (AvgIpc) is 2.46. The molecule has 0 saturated heterocycles. The zero-order valence-electron chi connectivity index (χ0n) is 12.2. The van der Waals surface area contributed by atoms with E-state index in [-0.39, 0.29) is 0 Å². The van der Waals surface area contributed by atoms with Crippen molar-refractivity contribution in [2.75, 3.05) is 0 Å². The van der Waals surface area contributed by atoms with Gasteiger partial charge in [-0.1, -0.05) is 0 Å². The topological polar surface area (TPSA) is 314 Å². The van der Waals surface area contributed by atoms with Gasteiger partial charge in [0.05, 0.1) is 23.5 Å². The Morgan fingerprint density at radius 1 is 0.444 bits per heavy atom. The second-order valence-electron chi connectivity index (χ2n) is 4.73. The standard InChI is InChI=1S/C6H15O18P3/c7-19-1-2(20-8)4(22-25(10,11)12)6(24-27(16,17)18)5(3(1)21-9)23-26(13,14)15/h1-9H,(H2,10,11,12)(H2,13,14,15)(H2,16,17,18)/p-9/t1?,2-,3?,4?,5?,6?/m0/s1. The molecule has 18 nitrogen and oxygen atoms in total. The first-order valence-corrected chi connectivity index (χ1v) is 10.5. The summed E-state index contributed by atoms with van der Waals surface area (Å²) < 4.78 is 43.7. The SMILES string of the molecule is O=P([O-])([O-])OC1C(O[O-])C(O[O-])[C@H](O[O-])C(OP(=O)([O-])[O-])C1OP(=O)([O-])[O-]. The van der Waals surface area contributed by atoms with Gasteiger partial charge in [0.25, 0.3) is 0 Å². The van der Waals surface area contributed by atoms with Gasteiger partial charge in [-0.2, -0.15) is 0 Å². The molecule has 5 unspecified atom stereocenters. The van der Waals surface area contributed by atoms with Gasteiger partial charge in [-0.25, -0.2) is 0 Å². The van der Waals surface area contributed by atoms with Crippen molar-refractivity contribution in [2.24, 2.45) is 0 Å². The molecular formula is C6H6O18P3-9. The molecule has 0 aromatic carbocycles. The highest BCUT2D eigenvalue weighted by Gasteiger charge is 2.53. The van der Waals surface area contributed by atoms with Crippen LogP contribution in [0, 0.1) is 0 Å². The predicted molar refractivity (Wildman–Crippen MR) is 52.1 cm³/mol. The molecule has 0 aromatic rings. The van der Waals surface area contributed by atoms with E-state index in [0.29, 0.717) is 0 Å². The van der Waals surface area contributed by atoms with Crippen LogP contribution < -0.4 is 45.1 Å². The summed E-state index contributed by atoms with van der Waals surface area (Å²) >= 11 is 0. The van der Waals surface area contributed by atoms with E-state index >= 15 is 0 Å². The summed E-state index contributed by atoms with van der Waals surface area (Å²) in [4.78, 5) is 74.8. The largest absolute Gasteiger partial charge is 0.790 e. The van der Waals surface area contributed by atoms with E-state index in [1.165, 1.54) is 0 Å². The quantitative estimate of drug-likeness (QED) is 0.175. The molecule has 27 heavy (non-hydrogen) atoms. The summed E-state index contributed by atoms with van der Waals surface area (Å²) in [5, 5.41) is 32.2. The molecule has 1 aliphatic carbocycles. The molecule has 21 heteroatoms. The van der Waals surface area contributed by atoms with Crippen molar-refractivity contribution in [3.05, 3.63) is 0 Å². The van der Waals surface area contributed by atoms with Crippen LogP contribution in [0.1, 0.15) is 0 Å². The Morgan fingerprint density at radius 3 is 0.815 bits per heavy atom. The highest BCUT2D eigenvalue weighted by molar-refractivity contribution is 7.43. The third-order valence-corrected chi connectivity index (χ3v) is 4.53. The van der Waals surface area contributed by atoms with Gasteiger partial charge in [0, 0.05) is 0 Å². The Morgan fingerprint density at radius 2 is 0.630 bits per heavy atom. The highest BCUT2D eigenvalue weighted by atomic mass is 31.2. The summed E-state index contributed by atoms with van der Waals surface area (Å²) in [6.45, 7) is 0. The summed E-state index contributed by atoms with van der Waals surface area (Å²) in [5.74, 6) is 0. The normalized spacial score (nSPS) is 33.2. The van der Waals surface area contributed by atoms with E-state index in [1.54, 1.807) is 0 Å². The summed E-state index contributed by atoms with van der Waals surface area (Å²) in [6, 6.07) is 0. The van der Waals surface area contributed by atoms with E-state index in [2.05, 4.69) is 28.2 Å². The monoisotopic (exact) mass is 459 g/mol. The minimum atomic E-state index is -6.22. The third-order valence-electron chi connectivity index (χ3n) is 3.03. The van der Waals surface area contributed by atoms with E-state index in [9.17, 15) is 58.8 Å². The van der Waals surface area contributed by atoms with Crippen molar-refractivity contribution in [3.8, 4) is 0 Å². The van der Waals surface area contributed by atoms with Crippen molar-refractivity contribution >= 4 is 23.5 Å². The summed E-state index contributed by atoms with van der Waals surface area (Å²) in [6.07, 6.45) is -16.7. The lowest BCUT2D eigenvalue weighted by Gasteiger charge is -2.56. The van der Waals surface area contributed by atoms with Crippen LogP contribution in [0.3, 0.4) is 0 Å². The summed E-state index contributed by atoms with van der Waals surface area (Å²) in [5.41, 5.74) is 0. The third kappa shape index (κ3) is 7.45. The Kier molecular flexibility index (Phi) is 8.63. The fourth-order valence-corrected chi connectivity index (χ4v) is 3.87. The number of hydrogen-bond donors (Lipinski definition) is 0. The molecule has 1 fully saturated rings. The van der Waals surface area contributed by atoms with Gasteiger partial charge in [-0.3, -0.25) is 0 Å². The van der Waals surface area contributed by atoms with Crippen molar-refractivity contribution in [3.63, 3.8) is 0 Å². The molecule has 1 aliphatic rings. The smallest absolute Gasteiger partial charge is 0.121 e. The first-order valence-electron chi connectivity index (χ1n) is 6.11. The number of phosphoric ester groups is 3. The maximum atomic E-state index is 10.8. The van der Waals surface area contributed by atoms with Crippen LogP contribution >= 0.6 is 23.5 Å². The lowest BCUT2D eigenvalue weighted by molar-refractivity contribution is -0.765. The van der Waals surface area contributed by atoms with Gasteiger partial charge in [0.2, 0.25) is 0 Å². The van der Waals surface area contributed by atoms with Gasteiger partial charge in [-0.15, -0.1) is 0 Å². The fourth-order valence-electron chi connectivity index (χ4n) is 2.26. The Bertz CT molecular complexity index is 579. The van der Waals surface area contributed by atoms with Crippen LogP contribution in [0.5, 0.6) is 0 Å². The first kappa shape index (κ1) is 25.1. The second kappa shape index (κ2) is 9.27. The number of rotatable bonds is 9. The first-order chi connectivity index (χ1) is 12.1. The summed E-state index contributed by atoms with van der Waals surface area (Å²) in [7, 11) is -18.6. The Balaban J connectivity index is 3.53. The Labute approximate surface area is 148 Å². The molecule has 0 radical (unpaired) electrons. The Hall–Kier alpha value is 0.0900. The molecule has 0 aromatic heterocycles. The number of hydrogen-bond acceptors (Lipinski definition) is 18. The minimum absolute atomic E-state index is 2.62. The molecule has 0 spiro atoms. The molecule has 1 rings (SSSR count). The zero-order valence-corrected chi connectivity index (χ0v) is 14.8. The highest BCUT2D eigenvalue weighted by Crippen LogP contribution is 2.45. The maximum Gasteiger partial charge on any atom is 0.121 e. The van der Waals surface area contributed by atoms with Crippen LogP contribution in [0.2, 0.25) is 0 Å². The van der Waals surface area contributed by atoms with Gasteiger partial charge >= 0.3 is 0 Å². The van der Waals surface area contributed by atoms with Crippen LogP contribution in [0.25, 0.3) is 0 Å². The van der Waals surface area contributed by atoms with Gasteiger partial charge < -0.3 is 87.1 Å². The molecule has 6 atom stereocenters. The lowest BCUT2D eigenvalue weighted by Crippen LogP contribution is -2.69. The lowest BCUT2D eigenvalue weighted by atomic mass is 9.85. The van der Waals surface area contributed by atoms with Crippen LogP contribution in [-0.4, -0.2) is 36.6 Å². The number of phosphoric acid groups is 3. The van der Waals surface area contributed by atoms with Crippen LogP contribution in [0.4, 0.5) is 0 Å². The van der Waals surface area contributed by atoms with Gasteiger partial charge in [-0.05, 0) is 0 Å². The van der Waals surface area contributed by atoms with Crippen molar-refractivity contribution in [1.82, 2.24) is 0 Å². The molecular weight excluding hydrogens is 453 g/mol. The maximum absolute atomic E-state index is 10.8. The molecule has 0 heterocycles. The van der Waals surface area contributed by atoms with Crippen LogP contribution in [0.15, 0.2) is 0 Å². The zero-order chi connectivity index (χ0) is 21.2. The molecule has 162 valence electrons. The van der Waals surface area contributed by atoms with Crippen molar-refractivity contribution < 1.29 is 87.1 Å². The predicted octanol–water partition coefficient (Wildman–Crippen LogP) is -9.38. The van der Waals surface area contributed by atoms with Crippen LogP contribution in [-0.2, 0) is 41.9 Å². The molecule has 0 amide bonds. The minimum Gasteiger partial charge on any atom is -0.790 e. The van der Waals surface area contributed by atoms with Crippen molar-refractivity contribution in [1.29, 1.82) is 0 Å². The fraction of sp³-hybridized carbons (Fsp3) is 1.00. The molecule has 0 N–H and O–H groups in total. The second-order valence-corrected chi connectivity index (χ2v) is 8.05. The molecule has 0 bridgehead atoms. The van der Waals surface area contributed by atoms with E-state index in [4.69, 9.17) is 0 Å². The molecule has 0 aliphatic heterocycles.